The normalized spacial score (nSPS) is 33.4. The highest BCUT2D eigenvalue weighted by atomic mass is 16.6. The van der Waals surface area contributed by atoms with E-state index < -0.39 is 0 Å². The van der Waals surface area contributed by atoms with Crippen LogP contribution < -0.4 is 0 Å². The van der Waals surface area contributed by atoms with Crippen LogP contribution in [0, 0.1) is 11.8 Å². The lowest BCUT2D eigenvalue weighted by atomic mass is 9.71. The molecule has 4 rings (SSSR count). The van der Waals surface area contributed by atoms with Gasteiger partial charge in [0, 0.05) is 24.9 Å². The molecule has 0 spiro atoms. The zero-order chi connectivity index (χ0) is 16.7. The summed E-state index contributed by atoms with van der Waals surface area (Å²) in [4.78, 5) is 26.6. The van der Waals surface area contributed by atoms with Crippen molar-refractivity contribution in [1.82, 2.24) is 4.90 Å². The molecule has 0 N–H and O–H groups in total. The molecule has 128 valence electrons. The van der Waals surface area contributed by atoms with E-state index in [4.69, 9.17) is 9.47 Å². The molecule has 5 atom stereocenters. The van der Waals surface area contributed by atoms with Gasteiger partial charge in [0.2, 0.25) is 0 Å². The van der Waals surface area contributed by atoms with Crippen molar-refractivity contribution < 1.29 is 19.1 Å². The Morgan fingerprint density at radius 2 is 1.71 bits per heavy atom. The number of piperidine rings is 1. The molecule has 5 heteroatoms. The first-order valence-electron chi connectivity index (χ1n) is 8.90. The van der Waals surface area contributed by atoms with E-state index in [0.717, 1.165) is 12.8 Å². The first-order chi connectivity index (χ1) is 11.7. The number of amides is 1. The second-order valence-electron chi connectivity index (χ2n) is 7.01. The minimum Gasteiger partial charge on any atom is -0.459 e. The van der Waals surface area contributed by atoms with E-state index in [9.17, 15) is 9.59 Å². The second kappa shape index (κ2) is 6.11. The van der Waals surface area contributed by atoms with Gasteiger partial charge in [0.1, 0.15) is 6.10 Å². The van der Waals surface area contributed by atoms with Crippen molar-refractivity contribution in [3.8, 4) is 0 Å². The molecule has 5 nitrogen and oxygen atoms in total. The fourth-order valence-electron chi connectivity index (χ4n) is 4.74. The molecule has 1 amide bonds. The fraction of sp³-hybridized carbons (Fsp3) is 0.579. The van der Waals surface area contributed by atoms with E-state index in [1.165, 1.54) is 12.8 Å². The van der Waals surface area contributed by atoms with Gasteiger partial charge in [-0.3, -0.25) is 0 Å². The van der Waals surface area contributed by atoms with Crippen LogP contribution in [0.15, 0.2) is 30.3 Å². The van der Waals surface area contributed by atoms with Crippen LogP contribution in [0.25, 0.3) is 0 Å². The largest absolute Gasteiger partial charge is 0.459 e. The molecule has 2 aliphatic heterocycles. The number of benzene rings is 1. The van der Waals surface area contributed by atoms with E-state index in [1.54, 1.807) is 12.1 Å². The van der Waals surface area contributed by atoms with Crippen LogP contribution in [0.3, 0.4) is 0 Å². The molecular weight excluding hydrogens is 306 g/mol. The van der Waals surface area contributed by atoms with E-state index in [1.807, 2.05) is 30.0 Å². The summed E-state index contributed by atoms with van der Waals surface area (Å²) in [6.45, 7) is 2.24. The van der Waals surface area contributed by atoms with Gasteiger partial charge >= 0.3 is 12.1 Å². The maximum absolute atomic E-state index is 12.3. The van der Waals surface area contributed by atoms with Crippen molar-refractivity contribution in [2.24, 2.45) is 11.8 Å². The molecular formula is C19H23NO4. The predicted octanol–water partition coefficient (Wildman–Crippen LogP) is 3.24. The maximum atomic E-state index is 12.3. The Hall–Kier alpha value is -2.04. The van der Waals surface area contributed by atoms with Gasteiger partial charge in [-0.25, -0.2) is 9.59 Å². The Kier molecular flexibility index (Phi) is 3.94. The highest BCUT2D eigenvalue weighted by molar-refractivity contribution is 5.89. The van der Waals surface area contributed by atoms with Crippen LogP contribution in [-0.4, -0.2) is 41.8 Å². The molecule has 3 aliphatic rings. The lowest BCUT2D eigenvalue weighted by Crippen LogP contribution is -2.50. The number of hydrogen-bond donors (Lipinski definition) is 0. The highest BCUT2D eigenvalue weighted by Gasteiger charge is 2.59. The zero-order valence-electron chi connectivity index (χ0n) is 13.9. The van der Waals surface area contributed by atoms with Gasteiger partial charge in [-0.05, 0) is 43.7 Å². The fourth-order valence-corrected chi connectivity index (χ4v) is 4.74. The molecule has 1 saturated carbocycles. The Balaban J connectivity index is 1.46. The van der Waals surface area contributed by atoms with E-state index in [2.05, 4.69) is 0 Å². The van der Waals surface area contributed by atoms with Crippen LogP contribution in [0.5, 0.6) is 0 Å². The van der Waals surface area contributed by atoms with Gasteiger partial charge in [-0.15, -0.1) is 0 Å². The Morgan fingerprint density at radius 1 is 1.08 bits per heavy atom. The molecule has 2 heterocycles. The third-order valence-corrected chi connectivity index (χ3v) is 5.86. The van der Waals surface area contributed by atoms with Gasteiger partial charge < -0.3 is 14.4 Å². The first kappa shape index (κ1) is 15.5. The molecule has 2 saturated heterocycles. The Bertz CT molecular complexity index is 612. The number of fused-ring (bicyclic) bond motifs is 5. The number of ether oxygens (including phenoxy) is 2. The molecule has 24 heavy (non-hydrogen) atoms. The molecule has 1 aliphatic carbocycles. The van der Waals surface area contributed by atoms with Crippen LogP contribution in [0.1, 0.15) is 43.0 Å². The zero-order valence-corrected chi connectivity index (χ0v) is 13.9. The van der Waals surface area contributed by atoms with E-state index in [0.29, 0.717) is 24.0 Å². The minimum absolute atomic E-state index is 0.107. The summed E-state index contributed by atoms with van der Waals surface area (Å²) in [5, 5.41) is 0. The number of carbonyl (C=O) groups is 2. The van der Waals surface area contributed by atoms with Crippen molar-refractivity contribution in [3.63, 3.8) is 0 Å². The number of hydrogen-bond acceptors (Lipinski definition) is 4. The summed E-state index contributed by atoms with van der Waals surface area (Å²) in [7, 11) is 0. The Labute approximate surface area is 141 Å². The van der Waals surface area contributed by atoms with E-state index >= 15 is 0 Å². The van der Waals surface area contributed by atoms with Crippen molar-refractivity contribution >= 4 is 12.1 Å². The standard InChI is InChI=1S/C19H23NO4/c1-2-23-19(22)20-16-10-13(11-17(20)15-9-8-14(15)16)24-18(21)12-6-4-3-5-7-12/h3-7,13-17H,2,8-11H2,1H3/t13?,14-,15+,16?,17?. The quantitative estimate of drug-likeness (QED) is 0.799. The van der Waals surface area contributed by atoms with E-state index in [-0.39, 0.29) is 30.3 Å². The van der Waals surface area contributed by atoms with Gasteiger partial charge in [0.05, 0.1) is 12.2 Å². The highest BCUT2D eigenvalue weighted by Crippen LogP contribution is 2.54. The van der Waals surface area contributed by atoms with Crippen molar-refractivity contribution in [1.29, 1.82) is 0 Å². The minimum atomic E-state index is -0.267. The molecule has 3 unspecified atom stereocenters. The molecule has 1 aromatic rings. The summed E-state index contributed by atoms with van der Waals surface area (Å²) < 4.78 is 11.0. The third kappa shape index (κ3) is 2.46. The van der Waals surface area contributed by atoms with Crippen LogP contribution in [0.4, 0.5) is 4.79 Å². The number of rotatable bonds is 3. The summed E-state index contributed by atoms with van der Waals surface area (Å²) >= 11 is 0. The average molecular weight is 329 g/mol. The van der Waals surface area contributed by atoms with Crippen molar-refractivity contribution in [2.45, 2.75) is 50.8 Å². The molecule has 3 fully saturated rings. The molecule has 1 aromatic carbocycles. The first-order valence-corrected chi connectivity index (χ1v) is 8.90. The van der Waals surface area contributed by atoms with Gasteiger partial charge in [-0.2, -0.15) is 0 Å². The van der Waals surface area contributed by atoms with Crippen LogP contribution in [0.2, 0.25) is 0 Å². The topological polar surface area (TPSA) is 55.8 Å². The number of esters is 1. The average Bonchev–Trinajstić information content (AvgIpc) is 2.67. The number of nitrogens with zero attached hydrogens (tertiary/aromatic N) is 1. The summed E-state index contributed by atoms with van der Waals surface area (Å²) in [6.07, 6.45) is 3.49. The SMILES string of the molecule is CCOC(=O)N1C2CC(OC(=O)c3ccccc3)CC1[C@@H]1CC[C@H]21. The van der Waals surface area contributed by atoms with Gasteiger partial charge in [-0.1, -0.05) is 18.2 Å². The lowest BCUT2D eigenvalue weighted by molar-refractivity contribution is -0.00846. The van der Waals surface area contributed by atoms with Crippen LogP contribution >= 0.6 is 0 Å². The summed E-state index contributed by atoms with van der Waals surface area (Å²) in [6, 6.07) is 9.42. The molecule has 2 bridgehead atoms. The van der Waals surface area contributed by atoms with Crippen molar-refractivity contribution in [2.75, 3.05) is 6.61 Å². The third-order valence-electron chi connectivity index (χ3n) is 5.86. The maximum Gasteiger partial charge on any atom is 0.410 e. The van der Waals surface area contributed by atoms with Crippen LogP contribution in [-0.2, 0) is 9.47 Å². The predicted molar refractivity (Wildman–Crippen MR) is 87.5 cm³/mol. The smallest absolute Gasteiger partial charge is 0.410 e. The van der Waals surface area contributed by atoms with Gasteiger partial charge in [0.25, 0.3) is 0 Å². The summed E-state index contributed by atoms with van der Waals surface area (Å²) in [5.74, 6) is 0.844. The van der Waals surface area contributed by atoms with Gasteiger partial charge in [0.15, 0.2) is 0 Å². The monoisotopic (exact) mass is 329 g/mol. The lowest BCUT2D eigenvalue weighted by Gasteiger charge is -2.38. The summed E-state index contributed by atoms with van der Waals surface area (Å²) in [5.41, 5.74) is 0.584. The Morgan fingerprint density at radius 3 is 2.25 bits per heavy atom. The molecule has 0 radical (unpaired) electrons. The molecule has 0 aromatic heterocycles. The number of carbonyl (C=O) groups excluding carboxylic acids is 2. The van der Waals surface area contributed by atoms with Crippen molar-refractivity contribution in [3.05, 3.63) is 35.9 Å². The second-order valence-corrected chi connectivity index (χ2v) is 7.01.